The summed E-state index contributed by atoms with van der Waals surface area (Å²) in [4.78, 5) is 60.7. The van der Waals surface area contributed by atoms with Crippen LogP contribution in [-0.4, -0.2) is 56.4 Å². The zero-order valence-electron chi connectivity index (χ0n) is 22.8. The van der Waals surface area contributed by atoms with Crippen LogP contribution in [0.3, 0.4) is 0 Å². The maximum atomic E-state index is 13.9. The first-order chi connectivity index (χ1) is 18.0. The average Bonchev–Trinajstić information content (AvgIpc) is 3.27. The molecule has 0 bridgehead atoms. The fraction of sp³-hybridized carbons (Fsp3) is 0.464. The standard InChI is InChI=1S/C28H36N6O4/c1-19(2)11-14-32-23-24(30-26(32)31-15-12-29-13-16-31)33(18-22(36)28(3,4)5)27(38)34(25(23)37)17-21(35)20-9-7-6-8-10-20/h6-11,29H,12-18H2,1-5H3. The Morgan fingerprint density at radius 2 is 1.63 bits per heavy atom. The highest BCUT2D eigenvalue weighted by atomic mass is 16.2. The highest BCUT2D eigenvalue weighted by Crippen LogP contribution is 2.22. The van der Waals surface area contributed by atoms with Crippen molar-refractivity contribution in [2.45, 2.75) is 54.3 Å². The number of nitrogens with zero attached hydrogens (tertiary/aromatic N) is 5. The van der Waals surface area contributed by atoms with Crippen LogP contribution in [0.2, 0.25) is 0 Å². The molecule has 0 amide bonds. The number of nitrogens with one attached hydrogen (secondary N) is 1. The molecule has 4 rings (SSSR count). The van der Waals surface area contributed by atoms with E-state index >= 15 is 0 Å². The number of hydrogen-bond acceptors (Lipinski definition) is 7. The third kappa shape index (κ3) is 5.55. The van der Waals surface area contributed by atoms with Crippen LogP contribution in [0.1, 0.15) is 45.0 Å². The van der Waals surface area contributed by atoms with Gasteiger partial charge in [-0.2, -0.15) is 4.98 Å². The Morgan fingerprint density at radius 3 is 2.24 bits per heavy atom. The van der Waals surface area contributed by atoms with Gasteiger partial charge in [-0.15, -0.1) is 0 Å². The van der Waals surface area contributed by atoms with Crippen molar-refractivity contribution in [3.05, 3.63) is 68.4 Å². The molecule has 1 saturated heterocycles. The number of rotatable bonds is 8. The van der Waals surface area contributed by atoms with Crippen LogP contribution in [0.5, 0.6) is 0 Å². The number of ketones is 2. The number of carbonyl (C=O) groups excluding carboxylic acids is 2. The molecule has 1 aromatic carbocycles. The van der Waals surface area contributed by atoms with Gasteiger partial charge in [0.2, 0.25) is 5.95 Å². The van der Waals surface area contributed by atoms with Gasteiger partial charge in [-0.3, -0.25) is 23.5 Å². The zero-order chi connectivity index (χ0) is 27.6. The lowest BCUT2D eigenvalue weighted by Gasteiger charge is -2.28. The lowest BCUT2D eigenvalue weighted by molar-refractivity contribution is -0.126. The van der Waals surface area contributed by atoms with Gasteiger partial charge in [0.25, 0.3) is 5.56 Å². The van der Waals surface area contributed by atoms with E-state index in [1.54, 1.807) is 55.7 Å². The van der Waals surface area contributed by atoms with Crippen LogP contribution >= 0.6 is 0 Å². The quantitative estimate of drug-likeness (QED) is 0.358. The smallest absolute Gasteiger partial charge is 0.333 e. The Hall–Kier alpha value is -3.79. The average molecular weight is 521 g/mol. The molecular formula is C28H36N6O4. The fourth-order valence-corrected chi connectivity index (χ4v) is 4.35. The molecule has 38 heavy (non-hydrogen) atoms. The maximum Gasteiger partial charge on any atom is 0.333 e. The van der Waals surface area contributed by atoms with E-state index in [0.717, 1.165) is 23.2 Å². The van der Waals surface area contributed by atoms with Crippen LogP contribution < -0.4 is 21.5 Å². The van der Waals surface area contributed by atoms with Crippen molar-refractivity contribution in [1.29, 1.82) is 0 Å². The lowest BCUT2D eigenvalue weighted by atomic mass is 9.91. The Balaban J connectivity index is 1.98. The third-order valence-electron chi connectivity index (χ3n) is 6.71. The largest absolute Gasteiger partial charge is 0.340 e. The topological polar surface area (TPSA) is 111 Å². The van der Waals surface area contributed by atoms with Crippen molar-refractivity contribution in [2.24, 2.45) is 5.41 Å². The van der Waals surface area contributed by atoms with Crippen molar-refractivity contribution in [3.8, 4) is 0 Å². The van der Waals surface area contributed by atoms with E-state index in [9.17, 15) is 19.2 Å². The lowest BCUT2D eigenvalue weighted by Crippen LogP contribution is -2.45. The number of benzene rings is 1. The van der Waals surface area contributed by atoms with Gasteiger partial charge < -0.3 is 14.8 Å². The van der Waals surface area contributed by atoms with Gasteiger partial charge in [-0.1, -0.05) is 62.8 Å². The number of hydrogen-bond donors (Lipinski definition) is 1. The number of aromatic nitrogens is 4. The molecule has 0 atom stereocenters. The Bertz CT molecular complexity index is 1490. The van der Waals surface area contributed by atoms with Gasteiger partial charge >= 0.3 is 5.69 Å². The molecule has 1 aliphatic rings. The molecule has 10 heteroatoms. The number of piperazine rings is 1. The van der Waals surface area contributed by atoms with E-state index in [0.29, 0.717) is 31.1 Å². The molecule has 0 unspecified atom stereocenters. The first-order valence-corrected chi connectivity index (χ1v) is 12.9. The van der Waals surface area contributed by atoms with Crippen LogP contribution in [0.15, 0.2) is 51.6 Å². The van der Waals surface area contributed by atoms with E-state index in [4.69, 9.17) is 4.98 Å². The molecule has 3 aromatic rings. The minimum absolute atomic E-state index is 0.164. The van der Waals surface area contributed by atoms with E-state index in [1.165, 1.54) is 4.57 Å². The molecule has 1 fully saturated rings. The molecule has 1 aliphatic heterocycles. The van der Waals surface area contributed by atoms with Crippen molar-refractivity contribution >= 4 is 28.7 Å². The zero-order valence-corrected chi connectivity index (χ0v) is 22.8. The summed E-state index contributed by atoms with van der Waals surface area (Å²) in [5.74, 6) is 0.0261. The highest BCUT2D eigenvalue weighted by Gasteiger charge is 2.29. The predicted molar refractivity (Wildman–Crippen MR) is 148 cm³/mol. The molecule has 2 aromatic heterocycles. The second-order valence-corrected chi connectivity index (χ2v) is 10.9. The van der Waals surface area contributed by atoms with Gasteiger partial charge in [0, 0.05) is 43.7 Å². The highest BCUT2D eigenvalue weighted by molar-refractivity contribution is 5.96. The summed E-state index contributed by atoms with van der Waals surface area (Å²) < 4.78 is 4.00. The van der Waals surface area contributed by atoms with Gasteiger partial charge in [0.1, 0.15) is 0 Å². The number of carbonyl (C=O) groups is 2. The fourth-order valence-electron chi connectivity index (χ4n) is 4.35. The second-order valence-electron chi connectivity index (χ2n) is 10.9. The monoisotopic (exact) mass is 520 g/mol. The van der Waals surface area contributed by atoms with Gasteiger partial charge in [-0.05, 0) is 13.8 Å². The first kappa shape index (κ1) is 27.3. The number of fused-ring (bicyclic) bond motifs is 1. The number of Topliss-reactive ketones (excluding diaryl/α,β-unsaturated/α-hetero) is 2. The molecule has 0 spiro atoms. The predicted octanol–water partition coefficient (Wildman–Crippen LogP) is 2.23. The molecule has 3 heterocycles. The summed E-state index contributed by atoms with van der Waals surface area (Å²) in [7, 11) is 0. The molecular weight excluding hydrogens is 484 g/mol. The van der Waals surface area contributed by atoms with Crippen LogP contribution in [-0.2, 0) is 24.4 Å². The summed E-state index contributed by atoms with van der Waals surface area (Å²) in [6, 6.07) is 8.55. The van der Waals surface area contributed by atoms with E-state index in [-0.39, 0.29) is 29.3 Å². The van der Waals surface area contributed by atoms with Crippen LogP contribution in [0.4, 0.5) is 5.95 Å². The molecule has 0 saturated carbocycles. The molecule has 1 N–H and O–H groups in total. The number of allylic oxidation sites excluding steroid dienone is 2. The van der Waals surface area contributed by atoms with E-state index in [2.05, 4.69) is 10.2 Å². The number of anilines is 1. The maximum absolute atomic E-state index is 13.9. The normalized spacial score (nSPS) is 14.1. The third-order valence-corrected chi connectivity index (χ3v) is 6.71. The van der Waals surface area contributed by atoms with E-state index < -0.39 is 23.2 Å². The summed E-state index contributed by atoms with van der Waals surface area (Å²) in [5.41, 5.74) is -0.189. The minimum atomic E-state index is -0.719. The molecule has 0 radical (unpaired) electrons. The number of imidazole rings is 1. The van der Waals surface area contributed by atoms with Crippen molar-refractivity contribution in [1.82, 2.24) is 24.0 Å². The van der Waals surface area contributed by atoms with Gasteiger partial charge in [0.05, 0.1) is 13.1 Å². The molecule has 10 nitrogen and oxygen atoms in total. The molecule has 202 valence electrons. The van der Waals surface area contributed by atoms with Crippen molar-refractivity contribution < 1.29 is 9.59 Å². The Kier molecular flexibility index (Phi) is 7.82. The summed E-state index contributed by atoms with van der Waals surface area (Å²) >= 11 is 0. The summed E-state index contributed by atoms with van der Waals surface area (Å²) in [5, 5.41) is 3.31. The van der Waals surface area contributed by atoms with Gasteiger partial charge in [0.15, 0.2) is 22.7 Å². The summed E-state index contributed by atoms with van der Waals surface area (Å²) in [6.07, 6.45) is 1.99. The second kappa shape index (κ2) is 10.9. The van der Waals surface area contributed by atoms with Crippen molar-refractivity contribution in [2.75, 3.05) is 31.1 Å². The van der Waals surface area contributed by atoms with Crippen molar-refractivity contribution in [3.63, 3.8) is 0 Å². The molecule has 0 aliphatic carbocycles. The van der Waals surface area contributed by atoms with Crippen LogP contribution in [0, 0.1) is 5.41 Å². The summed E-state index contributed by atoms with van der Waals surface area (Å²) in [6.45, 7) is 11.9. The van der Waals surface area contributed by atoms with Crippen LogP contribution in [0.25, 0.3) is 11.2 Å². The Labute approximate surface area is 221 Å². The van der Waals surface area contributed by atoms with E-state index in [1.807, 2.05) is 19.9 Å². The first-order valence-electron chi connectivity index (χ1n) is 12.9. The minimum Gasteiger partial charge on any atom is -0.340 e. The Morgan fingerprint density at radius 1 is 0.974 bits per heavy atom. The SMILES string of the molecule is CC(C)=CCn1c(N2CCNCC2)nc2c1c(=O)n(CC(=O)c1ccccc1)c(=O)n2CC(=O)C(C)(C)C. The van der Waals surface area contributed by atoms with Gasteiger partial charge in [-0.25, -0.2) is 4.79 Å².